The molecule has 0 bridgehead atoms. The van der Waals surface area contributed by atoms with Crippen LogP contribution in [0, 0.1) is 0 Å². The first-order valence-electron chi connectivity index (χ1n) is 6.01. The number of hydrogen-bond donors (Lipinski definition) is 3. The van der Waals surface area contributed by atoms with Crippen LogP contribution in [-0.2, 0) is 0 Å². The molecule has 106 valence electrons. The van der Waals surface area contributed by atoms with E-state index in [2.05, 4.69) is 25.7 Å². The van der Waals surface area contributed by atoms with Gasteiger partial charge in [0.2, 0.25) is 11.9 Å². The maximum absolute atomic E-state index is 5.31. The minimum atomic E-state index is 0.200. The molecule has 0 aliphatic carbocycles. The van der Waals surface area contributed by atoms with Crippen LogP contribution in [0.25, 0.3) is 0 Å². The SMILES string of the molecule is CCOc1nc(NN)nc(Nc2ccc(OC)cc2)n1. The lowest BCUT2D eigenvalue weighted by molar-refractivity contribution is 0.312. The number of methoxy groups -OCH3 is 1. The van der Waals surface area contributed by atoms with Crippen LogP contribution in [0.4, 0.5) is 17.6 Å². The number of nitrogens with one attached hydrogen (secondary N) is 2. The van der Waals surface area contributed by atoms with Crippen molar-refractivity contribution in [3.63, 3.8) is 0 Å². The van der Waals surface area contributed by atoms with Gasteiger partial charge in [-0.2, -0.15) is 15.0 Å². The molecule has 4 N–H and O–H groups in total. The molecule has 0 unspecified atom stereocenters. The number of hydrogen-bond acceptors (Lipinski definition) is 8. The molecule has 0 saturated carbocycles. The van der Waals surface area contributed by atoms with E-state index in [1.54, 1.807) is 7.11 Å². The van der Waals surface area contributed by atoms with E-state index in [1.807, 2.05) is 31.2 Å². The molecule has 2 aromatic rings. The Morgan fingerprint density at radius 1 is 1.10 bits per heavy atom. The first-order chi connectivity index (χ1) is 9.75. The van der Waals surface area contributed by atoms with Crippen LogP contribution in [0.3, 0.4) is 0 Å². The normalized spacial score (nSPS) is 9.95. The van der Waals surface area contributed by atoms with Gasteiger partial charge in [0.15, 0.2) is 0 Å². The highest BCUT2D eigenvalue weighted by Gasteiger charge is 2.06. The van der Waals surface area contributed by atoms with E-state index in [-0.39, 0.29) is 12.0 Å². The lowest BCUT2D eigenvalue weighted by atomic mass is 10.3. The molecule has 20 heavy (non-hydrogen) atoms. The molecule has 8 heteroatoms. The average Bonchev–Trinajstić information content (AvgIpc) is 2.48. The topological polar surface area (TPSA) is 107 Å². The lowest BCUT2D eigenvalue weighted by Crippen LogP contribution is -2.13. The summed E-state index contributed by atoms with van der Waals surface area (Å²) in [4.78, 5) is 12.2. The van der Waals surface area contributed by atoms with Gasteiger partial charge >= 0.3 is 6.01 Å². The quantitative estimate of drug-likeness (QED) is 0.535. The average molecular weight is 276 g/mol. The van der Waals surface area contributed by atoms with Crippen molar-refractivity contribution in [1.82, 2.24) is 15.0 Å². The van der Waals surface area contributed by atoms with Gasteiger partial charge in [0.1, 0.15) is 5.75 Å². The fourth-order valence-electron chi connectivity index (χ4n) is 1.47. The molecule has 8 nitrogen and oxygen atoms in total. The molecule has 1 aromatic heterocycles. The van der Waals surface area contributed by atoms with Gasteiger partial charge in [0.25, 0.3) is 0 Å². The van der Waals surface area contributed by atoms with E-state index in [0.29, 0.717) is 12.6 Å². The predicted molar refractivity (Wildman–Crippen MR) is 75.1 cm³/mol. The maximum Gasteiger partial charge on any atom is 0.323 e. The zero-order chi connectivity index (χ0) is 14.4. The molecular weight excluding hydrogens is 260 g/mol. The minimum absolute atomic E-state index is 0.200. The molecule has 0 amide bonds. The summed E-state index contributed by atoms with van der Waals surface area (Å²) in [6.07, 6.45) is 0. The second-order valence-corrected chi connectivity index (χ2v) is 3.70. The van der Waals surface area contributed by atoms with Crippen molar-refractivity contribution < 1.29 is 9.47 Å². The van der Waals surface area contributed by atoms with E-state index >= 15 is 0 Å². The van der Waals surface area contributed by atoms with Crippen LogP contribution < -0.4 is 26.1 Å². The summed E-state index contributed by atoms with van der Waals surface area (Å²) in [5.41, 5.74) is 3.18. The molecule has 2 rings (SSSR count). The number of nitrogen functional groups attached to an aromatic ring is 1. The third kappa shape index (κ3) is 3.45. The molecule has 0 aliphatic rings. The van der Waals surface area contributed by atoms with E-state index in [0.717, 1.165) is 11.4 Å². The minimum Gasteiger partial charge on any atom is -0.497 e. The smallest absolute Gasteiger partial charge is 0.323 e. The summed E-state index contributed by atoms with van der Waals surface area (Å²) in [6, 6.07) is 7.55. The van der Waals surface area contributed by atoms with Crippen LogP contribution in [0.2, 0.25) is 0 Å². The van der Waals surface area contributed by atoms with Crippen LogP contribution in [0.1, 0.15) is 6.92 Å². The Balaban J connectivity index is 2.20. The molecule has 0 atom stereocenters. The highest BCUT2D eigenvalue weighted by Crippen LogP contribution is 2.19. The van der Waals surface area contributed by atoms with E-state index in [1.165, 1.54) is 0 Å². The van der Waals surface area contributed by atoms with Gasteiger partial charge in [-0.1, -0.05) is 0 Å². The Labute approximate surface area is 116 Å². The zero-order valence-corrected chi connectivity index (χ0v) is 11.3. The number of nitrogens with two attached hydrogens (primary N) is 1. The number of hydrazine groups is 1. The second kappa shape index (κ2) is 6.53. The zero-order valence-electron chi connectivity index (χ0n) is 11.3. The fraction of sp³-hybridized carbons (Fsp3) is 0.250. The summed E-state index contributed by atoms with van der Waals surface area (Å²) in [5, 5.41) is 3.04. The van der Waals surface area contributed by atoms with Crippen LogP contribution >= 0.6 is 0 Å². The van der Waals surface area contributed by atoms with Gasteiger partial charge in [0, 0.05) is 5.69 Å². The highest BCUT2D eigenvalue weighted by molar-refractivity contribution is 5.55. The van der Waals surface area contributed by atoms with Crippen molar-refractivity contribution in [3.05, 3.63) is 24.3 Å². The number of ether oxygens (including phenoxy) is 2. The lowest BCUT2D eigenvalue weighted by Gasteiger charge is -2.09. The molecule has 0 spiro atoms. The first kappa shape index (κ1) is 13.8. The van der Waals surface area contributed by atoms with Crippen molar-refractivity contribution >= 4 is 17.6 Å². The number of aromatic nitrogens is 3. The third-order valence-electron chi connectivity index (χ3n) is 2.36. The standard InChI is InChI=1S/C12H16N6O2/c1-3-20-12-16-10(15-11(17-12)18-13)14-8-4-6-9(19-2)7-5-8/h4-7H,3,13H2,1-2H3,(H2,14,15,16,17,18). The Bertz CT molecular complexity index is 560. The van der Waals surface area contributed by atoms with Crippen LogP contribution in [-0.4, -0.2) is 28.7 Å². The predicted octanol–water partition coefficient (Wildman–Crippen LogP) is 1.31. The summed E-state index contributed by atoms with van der Waals surface area (Å²) in [5.74, 6) is 6.64. The van der Waals surface area contributed by atoms with E-state index < -0.39 is 0 Å². The van der Waals surface area contributed by atoms with Crippen molar-refractivity contribution in [1.29, 1.82) is 0 Å². The van der Waals surface area contributed by atoms with Gasteiger partial charge < -0.3 is 14.8 Å². The molecule has 1 aromatic carbocycles. The summed E-state index contributed by atoms with van der Waals surface area (Å²) in [6.45, 7) is 2.30. The van der Waals surface area contributed by atoms with Gasteiger partial charge in [-0.15, -0.1) is 0 Å². The number of rotatable bonds is 6. The Kier molecular flexibility index (Phi) is 4.51. The van der Waals surface area contributed by atoms with Gasteiger partial charge in [-0.3, -0.25) is 5.43 Å². The van der Waals surface area contributed by atoms with E-state index in [9.17, 15) is 0 Å². The highest BCUT2D eigenvalue weighted by atomic mass is 16.5. The maximum atomic E-state index is 5.31. The van der Waals surface area contributed by atoms with Crippen LogP contribution in [0.5, 0.6) is 11.8 Å². The summed E-state index contributed by atoms with van der Waals surface area (Å²) < 4.78 is 10.3. The van der Waals surface area contributed by atoms with Gasteiger partial charge in [0.05, 0.1) is 13.7 Å². The number of nitrogens with zero attached hydrogens (tertiary/aromatic N) is 3. The summed E-state index contributed by atoms with van der Waals surface area (Å²) >= 11 is 0. The molecular formula is C12H16N6O2. The molecule has 0 saturated heterocycles. The Hall–Kier alpha value is -2.61. The third-order valence-corrected chi connectivity index (χ3v) is 2.36. The number of benzene rings is 1. The van der Waals surface area contributed by atoms with Crippen molar-refractivity contribution in [3.8, 4) is 11.8 Å². The fourth-order valence-corrected chi connectivity index (χ4v) is 1.47. The van der Waals surface area contributed by atoms with Crippen LogP contribution in [0.15, 0.2) is 24.3 Å². The Morgan fingerprint density at radius 2 is 1.80 bits per heavy atom. The second-order valence-electron chi connectivity index (χ2n) is 3.70. The van der Waals surface area contributed by atoms with Gasteiger partial charge in [-0.05, 0) is 31.2 Å². The first-order valence-corrected chi connectivity index (χ1v) is 6.01. The van der Waals surface area contributed by atoms with E-state index in [4.69, 9.17) is 15.3 Å². The largest absolute Gasteiger partial charge is 0.497 e. The monoisotopic (exact) mass is 276 g/mol. The molecule has 1 heterocycles. The number of anilines is 3. The molecule has 0 fully saturated rings. The summed E-state index contributed by atoms with van der Waals surface area (Å²) in [7, 11) is 1.61. The van der Waals surface area contributed by atoms with Gasteiger partial charge in [-0.25, -0.2) is 5.84 Å². The Morgan fingerprint density at radius 3 is 2.40 bits per heavy atom. The van der Waals surface area contributed by atoms with Crippen molar-refractivity contribution in [2.24, 2.45) is 5.84 Å². The molecule has 0 radical (unpaired) electrons. The molecule has 0 aliphatic heterocycles. The van der Waals surface area contributed by atoms with Crippen molar-refractivity contribution in [2.75, 3.05) is 24.5 Å². The van der Waals surface area contributed by atoms with Crippen molar-refractivity contribution in [2.45, 2.75) is 6.92 Å².